The van der Waals surface area contributed by atoms with Crippen molar-refractivity contribution < 1.29 is 4.79 Å². The van der Waals surface area contributed by atoms with Gasteiger partial charge in [-0.15, -0.1) is 0 Å². The molecule has 0 unspecified atom stereocenters. The number of rotatable bonds is 4. The third kappa shape index (κ3) is 2.83. The summed E-state index contributed by atoms with van der Waals surface area (Å²) in [6.45, 7) is 0. The molecule has 0 bridgehead atoms. The molecule has 2 heterocycles. The molecule has 0 aliphatic carbocycles. The lowest BCUT2D eigenvalue weighted by Gasteiger charge is -2.05. The average Bonchev–Trinajstić information content (AvgIpc) is 2.94. The van der Waals surface area contributed by atoms with Crippen molar-refractivity contribution in [3.8, 4) is 0 Å². The number of anilines is 1. The molecule has 0 saturated carbocycles. The fourth-order valence-corrected chi connectivity index (χ4v) is 2.02. The molecule has 2 aromatic heterocycles. The van der Waals surface area contributed by atoms with Crippen molar-refractivity contribution >= 4 is 22.8 Å². The number of nitrogens with one attached hydrogen (secondary N) is 2. The Bertz CT molecular complexity index is 721. The maximum absolute atomic E-state index is 11.9. The summed E-state index contributed by atoms with van der Waals surface area (Å²) in [6.07, 6.45) is 4.37. The molecule has 3 aromatic rings. The Balaban J connectivity index is 1.61. The summed E-state index contributed by atoms with van der Waals surface area (Å²) in [5.74, 6) is -0.0190. The van der Waals surface area contributed by atoms with E-state index in [0.717, 1.165) is 17.5 Å². The number of carbonyl (C=O) groups is 1. The SMILES string of the molecule is O=C(CCc1ccccc1)Nc1cnc2nc[nH]c2c1. The van der Waals surface area contributed by atoms with Crippen molar-refractivity contribution in [1.82, 2.24) is 15.0 Å². The molecular formula is C15H14N4O. The topological polar surface area (TPSA) is 70.7 Å². The van der Waals surface area contributed by atoms with Crippen molar-refractivity contribution in [3.05, 3.63) is 54.5 Å². The minimum atomic E-state index is -0.0190. The van der Waals surface area contributed by atoms with Crippen molar-refractivity contribution in [2.24, 2.45) is 0 Å². The number of aryl methyl sites for hydroxylation is 1. The lowest BCUT2D eigenvalue weighted by molar-refractivity contribution is -0.116. The highest BCUT2D eigenvalue weighted by Gasteiger charge is 2.05. The van der Waals surface area contributed by atoms with Gasteiger partial charge in [0.15, 0.2) is 5.65 Å². The lowest BCUT2D eigenvalue weighted by Crippen LogP contribution is -2.12. The Morgan fingerprint density at radius 1 is 1.20 bits per heavy atom. The number of aromatic amines is 1. The number of imidazole rings is 1. The van der Waals surface area contributed by atoms with Gasteiger partial charge in [0.25, 0.3) is 0 Å². The normalized spacial score (nSPS) is 10.6. The number of amides is 1. The fraction of sp³-hybridized carbons (Fsp3) is 0.133. The van der Waals surface area contributed by atoms with Crippen molar-refractivity contribution in [2.75, 3.05) is 5.32 Å². The number of H-pyrrole nitrogens is 1. The van der Waals surface area contributed by atoms with Gasteiger partial charge in [-0.2, -0.15) is 0 Å². The maximum Gasteiger partial charge on any atom is 0.224 e. The van der Waals surface area contributed by atoms with Crippen molar-refractivity contribution in [1.29, 1.82) is 0 Å². The summed E-state index contributed by atoms with van der Waals surface area (Å²) in [5, 5.41) is 2.84. The molecule has 3 rings (SSSR count). The van der Waals surface area contributed by atoms with Gasteiger partial charge in [0.1, 0.15) is 0 Å². The van der Waals surface area contributed by atoms with Crippen LogP contribution in [0.3, 0.4) is 0 Å². The summed E-state index contributed by atoms with van der Waals surface area (Å²) < 4.78 is 0. The van der Waals surface area contributed by atoms with Crippen LogP contribution in [0.5, 0.6) is 0 Å². The van der Waals surface area contributed by atoms with Crippen LogP contribution in [0, 0.1) is 0 Å². The first kappa shape index (κ1) is 12.3. The summed E-state index contributed by atoms with van der Waals surface area (Å²) >= 11 is 0. The Morgan fingerprint density at radius 3 is 2.90 bits per heavy atom. The number of pyridine rings is 1. The molecular weight excluding hydrogens is 252 g/mol. The number of hydrogen-bond acceptors (Lipinski definition) is 3. The predicted molar refractivity (Wildman–Crippen MR) is 77.3 cm³/mol. The van der Waals surface area contributed by atoms with Gasteiger partial charge in [0.2, 0.25) is 5.91 Å². The van der Waals surface area contributed by atoms with Gasteiger partial charge in [-0.1, -0.05) is 30.3 Å². The minimum Gasteiger partial charge on any atom is -0.343 e. The number of carbonyl (C=O) groups excluding carboxylic acids is 1. The zero-order valence-corrected chi connectivity index (χ0v) is 10.8. The Labute approximate surface area is 116 Å². The number of aromatic nitrogens is 3. The summed E-state index contributed by atoms with van der Waals surface area (Å²) in [4.78, 5) is 23.1. The number of benzene rings is 1. The Kier molecular flexibility index (Phi) is 3.41. The molecule has 5 nitrogen and oxygen atoms in total. The standard InChI is InChI=1S/C15H14N4O/c20-14(7-6-11-4-2-1-3-5-11)19-12-8-13-15(16-9-12)18-10-17-13/h1-5,8-10H,6-7H2,(H,19,20)(H,16,17,18). The molecule has 0 atom stereocenters. The van der Waals surface area contributed by atoms with Crippen LogP contribution in [0.4, 0.5) is 5.69 Å². The maximum atomic E-state index is 11.9. The molecule has 0 aliphatic rings. The largest absolute Gasteiger partial charge is 0.343 e. The highest BCUT2D eigenvalue weighted by atomic mass is 16.1. The molecule has 0 saturated heterocycles. The summed E-state index contributed by atoms with van der Waals surface area (Å²) in [6, 6.07) is 11.8. The summed E-state index contributed by atoms with van der Waals surface area (Å²) in [5.41, 5.74) is 3.29. The Hall–Kier alpha value is -2.69. The third-order valence-corrected chi connectivity index (χ3v) is 3.04. The van der Waals surface area contributed by atoms with Crippen LogP contribution in [0.1, 0.15) is 12.0 Å². The van der Waals surface area contributed by atoms with Gasteiger partial charge < -0.3 is 10.3 Å². The molecule has 1 aromatic carbocycles. The molecule has 1 amide bonds. The van der Waals surface area contributed by atoms with E-state index >= 15 is 0 Å². The highest BCUT2D eigenvalue weighted by molar-refractivity contribution is 5.92. The van der Waals surface area contributed by atoms with Gasteiger partial charge in [-0.05, 0) is 18.1 Å². The predicted octanol–water partition coefficient (Wildman–Crippen LogP) is 2.53. The first-order valence-electron chi connectivity index (χ1n) is 6.44. The third-order valence-electron chi connectivity index (χ3n) is 3.04. The quantitative estimate of drug-likeness (QED) is 0.762. The van der Waals surface area contributed by atoms with Crippen molar-refractivity contribution in [3.63, 3.8) is 0 Å². The molecule has 0 aliphatic heterocycles. The van der Waals surface area contributed by atoms with Crippen LogP contribution in [-0.4, -0.2) is 20.9 Å². The van der Waals surface area contributed by atoms with Crippen LogP contribution in [0.15, 0.2) is 48.9 Å². The average molecular weight is 266 g/mol. The molecule has 2 N–H and O–H groups in total. The van der Waals surface area contributed by atoms with Gasteiger partial charge in [-0.3, -0.25) is 4.79 Å². The molecule has 5 heteroatoms. The van der Waals surface area contributed by atoms with E-state index in [-0.39, 0.29) is 5.91 Å². The number of hydrogen-bond donors (Lipinski definition) is 2. The van der Waals surface area contributed by atoms with E-state index in [1.807, 2.05) is 36.4 Å². The van der Waals surface area contributed by atoms with Crippen molar-refractivity contribution in [2.45, 2.75) is 12.8 Å². The first-order chi connectivity index (χ1) is 9.81. The van der Waals surface area contributed by atoms with Crippen LogP contribution < -0.4 is 5.32 Å². The van der Waals surface area contributed by atoms with Gasteiger partial charge >= 0.3 is 0 Å². The van der Waals surface area contributed by atoms with E-state index < -0.39 is 0 Å². The van der Waals surface area contributed by atoms with Crippen LogP contribution >= 0.6 is 0 Å². The molecule has 0 spiro atoms. The van der Waals surface area contributed by atoms with Gasteiger partial charge in [0, 0.05) is 6.42 Å². The van der Waals surface area contributed by atoms with Gasteiger partial charge in [-0.25, -0.2) is 9.97 Å². The summed E-state index contributed by atoms with van der Waals surface area (Å²) in [7, 11) is 0. The smallest absolute Gasteiger partial charge is 0.224 e. The van der Waals surface area contributed by atoms with E-state index in [1.165, 1.54) is 0 Å². The molecule has 0 radical (unpaired) electrons. The number of fused-ring (bicyclic) bond motifs is 1. The van der Waals surface area contributed by atoms with Crippen LogP contribution in [0.2, 0.25) is 0 Å². The first-order valence-corrected chi connectivity index (χ1v) is 6.44. The van der Waals surface area contributed by atoms with Crippen LogP contribution in [-0.2, 0) is 11.2 Å². The molecule has 100 valence electrons. The second-order valence-corrected chi connectivity index (χ2v) is 4.53. The number of nitrogens with zero attached hydrogens (tertiary/aromatic N) is 2. The zero-order valence-electron chi connectivity index (χ0n) is 10.8. The lowest BCUT2D eigenvalue weighted by atomic mass is 10.1. The van der Waals surface area contributed by atoms with E-state index in [1.54, 1.807) is 12.5 Å². The second-order valence-electron chi connectivity index (χ2n) is 4.53. The van der Waals surface area contributed by atoms with Crippen LogP contribution in [0.25, 0.3) is 11.2 Å². The monoisotopic (exact) mass is 266 g/mol. The molecule has 0 fully saturated rings. The van der Waals surface area contributed by atoms with E-state index in [4.69, 9.17) is 0 Å². The second kappa shape index (κ2) is 5.52. The van der Waals surface area contributed by atoms with E-state index in [2.05, 4.69) is 20.3 Å². The minimum absolute atomic E-state index is 0.0190. The van der Waals surface area contributed by atoms with Gasteiger partial charge in [0.05, 0.1) is 23.7 Å². The fourth-order valence-electron chi connectivity index (χ4n) is 2.02. The zero-order chi connectivity index (χ0) is 13.8. The molecule has 20 heavy (non-hydrogen) atoms. The Morgan fingerprint density at radius 2 is 2.05 bits per heavy atom. The highest BCUT2D eigenvalue weighted by Crippen LogP contribution is 2.13. The van der Waals surface area contributed by atoms with E-state index in [9.17, 15) is 4.79 Å². The van der Waals surface area contributed by atoms with E-state index in [0.29, 0.717) is 17.8 Å².